The maximum atomic E-state index is 2.53. The molecule has 0 amide bonds. The van der Waals surface area contributed by atoms with Gasteiger partial charge in [-0.1, -0.05) is 75.9 Å². The van der Waals surface area contributed by atoms with Crippen molar-refractivity contribution in [3.8, 4) is 5.69 Å². The van der Waals surface area contributed by atoms with Gasteiger partial charge in [0.05, 0.1) is 16.7 Å². The average molecular weight is 490 g/mol. The van der Waals surface area contributed by atoms with Crippen molar-refractivity contribution in [1.29, 1.82) is 0 Å². The van der Waals surface area contributed by atoms with Gasteiger partial charge in [0.25, 0.3) is 0 Å². The predicted molar refractivity (Wildman–Crippen MR) is 160 cm³/mol. The normalized spacial score (nSPS) is 11.9. The Morgan fingerprint density at radius 2 is 1.19 bits per heavy atom. The second-order valence-electron chi connectivity index (χ2n) is 10.2. The van der Waals surface area contributed by atoms with Gasteiger partial charge in [0, 0.05) is 30.9 Å². The van der Waals surface area contributed by atoms with Crippen LogP contribution in [0.3, 0.4) is 0 Å². The van der Waals surface area contributed by atoms with E-state index in [1.54, 1.807) is 0 Å². The van der Waals surface area contributed by atoms with Crippen LogP contribution in [0.25, 0.3) is 47.7 Å². The van der Waals surface area contributed by atoms with Crippen molar-refractivity contribution in [3.05, 3.63) is 90.0 Å². The zero-order valence-electron chi connectivity index (χ0n) is 21.5. The molecule has 0 aliphatic heterocycles. The highest BCUT2D eigenvalue weighted by Gasteiger charge is 2.17. The molecule has 0 saturated carbocycles. The Morgan fingerprint density at radius 3 is 1.83 bits per heavy atom. The maximum absolute atomic E-state index is 2.53. The quantitative estimate of drug-likeness (QED) is 0.178. The molecule has 36 heavy (non-hydrogen) atoms. The molecule has 2 aromatic heterocycles. The van der Waals surface area contributed by atoms with Gasteiger partial charge >= 0.3 is 0 Å². The molecule has 182 valence electrons. The Hall–Kier alpha value is -3.10. The number of aromatic nitrogens is 1. The highest BCUT2D eigenvalue weighted by molar-refractivity contribution is 7.25. The molecule has 2 heterocycles. The van der Waals surface area contributed by atoms with Gasteiger partial charge in [-0.15, -0.1) is 11.3 Å². The highest BCUT2D eigenvalue weighted by atomic mass is 32.1. The number of benzene rings is 4. The first-order chi connectivity index (χ1) is 17.8. The topological polar surface area (TPSA) is 4.93 Å². The number of hydrogen-bond donors (Lipinski definition) is 0. The zero-order valence-corrected chi connectivity index (χ0v) is 22.3. The molecule has 0 spiro atoms. The summed E-state index contributed by atoms with van der Waals surface area (Å²) in [6.45, 7) is 4.57. The minimum absolute atomic E-state index is 1.16. The maximum Gasteiger partial charge on any atom is 0.0555 e. The molecule has 0 atom stereocenters. The molecule has 0 aliphatic carbocycles. The van der Waals surface area contributed by atoms with Crippen LogP contribution in [0.5, 0.6) is 0 Å². The number of unbranched alkanes of at least 4 members (excludes halogenated alkanes) is 4. The predicted octanol–water partition coefficient (Wildman–Crippen LogP) is 10.6. The molecule has 0 aliphatic rings. The van der Waals surface area contributed by atoms with Gasteiger partial charge in [0.15, 0.2) is 0 Å². The SMILES string of the molecule is CCCCCc1ccc2c(c1)c1cc(CCCCC)ccc1n2-c1cccc2sc3ccccc3c12. The van der Waals surface area contributed by atoms with Crippen molar-refractivity contribution >= 4 is 53.3 Å². The molecule has 4 aromatic carbocycles. The summed E-state index contributed by atoms with van der Waals surface area (Å²) in [5.41, 5.74) is 6.86. The van der Waals surface area contributed by atoms with Crippen LogP contribution >= 0.6 is 11.3 Å². The second-order valence-corrected chi connectivity index (χ2v) is 11.3. The van der Waals surface area contributed by atoms with E-state index in [1.165, 1.54) is 97.3 Å². The van der Waals surface area contributed by atoms with Crippen LogP contribution in [-0.4, -0.2) is 4.57 Å². The molecule has 0 N–H and O–H groups in total. The van der Waals surface area contributed by atoms with E-state index in [0.717, 1.165) is 12.8 Å². The molecular formula is C34H35NS. The van der Waals surface area contributed by atoms with Crippen molar-refractivity contribution in [2.75, 3.05) is 0 Å². The molecule has 0 radical (unpaired) electrons. The van der Waals surface area contributed by atoms with Crippen LogP contribution in [0.2, 0.25) is 0 Å². The third kappa shape index (κ3) is 4.12. The minimum atomic E-state index is 1.16. The van der Waals surface area contributed by atoms with Crippen LogP contribution < -0.4 is 0 Å². The Kier molecular flexibility index (Phi) is 6.54. The van der Waals surface area contributed by atoms with Gasteiger partial charge in [-0.25, -0.2) is 0 Å². The number of aryl methyl sites for hydroxylation is 2. The molecule has 0 bridgehead atoms. The fourth-order valence-electron chi connectivity index (χ4n) is 5.79. The first-order valence-corrected chi connectivity index (χ1v) is 14.6. The summed E-state index contributed by atoms with van der Waals surface area (Å²) in [7, 11) is 0. The Morgan fingerprint density at radius 1 is 0.583 bits per heavy atom. The van der Waals surface area contributed by atoms with Gasteiger partial charge in [0.1, 0.15) is 0 Å². The first kappa shape index (κ1) is 23.3. The number of nitrogens with zero attached hydrogens (tertiary/aromatic N) is 1. The van der Waals surface area contributed by atoms with Gasteiger partial charge < -0.3 is 4.57 Å². The van der Waals surface area contributed by atoms with E-state index in [9.17, 15) is 0 Å². The Balaban J connectivity index is 1.60. The monoisotopic (exact) mass is 489 g/mol. The molecule has 6 aromatic rings. The molecule has 2 heteroatoms. The highest BCUT2D eigenvalue weighted by Crippen LogP contribution is 2.41. The largest absolute Gasteiger partial charge is 0.309 e. The van der Waals surface area contributed by atoms with E-state index in [-0.39, 0.29) is 0 Å². The van der Waals surface area contributed by atoms with Gasteiger partial charge in [-0.3, -0.25) is 0 Å². The van der Waals surface area contributed by atoms with Crippen molar-refractivity contribution < 1.29 is 0 Å². The van der Waals surface area contributed by atoms with Crippen molar-refractivity contribution in [3.63, 3.8) is 0 Å². The van der Waals surface area contributed by atoms with Crippen molar-refractivity contribution in [2.24, 2.45) is 0 Å². The van der Waals surface area contributed by atoms with Crippen LogP contribution in [-0.2, 0) is 12.8 Å². The summed E-state index contributed by atoms with van der Waals surface area (Å²) in [4.78, 5) is 0. The lowest BCUT2D eigenvalue weighted by atomic mass is 10.0. The first-order valence-electron chi connectivity index (χ1n) is 13.7. The number of fused-ring (bicyclic) bond motifs is 6. The lowest BCUT2D eigenvalue weighted by Gasteiger charge is -2.11. The average Bonchev–Trinajstić information content (AvgIpc) is 3.44. The molecule has 0 saturated heterocycles. The second kappa shape index (κ2) is 10.1. The molecule has 1 nitrogen and oxygen atoms in total. The van der Waals surface area contributed by atoms with Crippen LogP contribution in [0.1, 0.15) is 63.5 Å². The van der Waals surface area contributed by atoms with E-state index in [0.29, 0.717) is 0 Å². The van der Waals surface area contributed by atoms with Crippen molar-refractivity contribution in [1.82, 2.24) is 4.57 Å². The summed E-state index contributed by atoms with van der Waals surface area (Å²) in [5, 5.41) is 5.52. The summed E-state index contributed by atoms with van der Waals surface area (Å²) in [5.74, 6) is 0. The smallest absolute Gasteiger partial charge is 0.0555 e. The standard InChI is InChI=1S/C34H35NS/c1-3-5-7-12-24-18-20-29-27(22-24)28-23-25(13-8-6-4-2)19-21-30(28)35(29)31-15-11-17-33-34(31)26-14-9-10-16-32(26)36-33/h9-11,14-23H,3-8,12-13H2,1-2H3. The van der Waals surface area contributed by atoms with E-state index >= 15 is 0 Å². The zero-order chi connectivity index (χ0) is 24.5. The molecular weight excluding hydrogens is 454 g/mol. The minimum Gasteiger partial charge on any atom is -0.309 e. The van der Waals surface area contributed by atoms with E-state index in [2.05, 4.69) is 97.3 Å². The fraction of sp³-hybridized carbons (Fsp3) is 0.294. The number of rotatable bonds is 9. The van der Waals surface area contributed by atoms with Gasteiger partial charge in [-0.2, -0.15) is 0 Å². The summed E-state index contributed by atoms with van der Waals surface area (Å²) < 4.78 is 5.24. The molecule has 6 rings (SSSR count). The van der Waals surface area contributed by atoms with E-state index in [4.69, 9.17) is 0 Å². The lowest BCUT2D eigenvalue weighted by Crippen LogP contribution is -1.95. The third-order valence-corrected chi connectivity index (χ3v) is 8.79. The van der Waals surface area contributed by atoms with E-state index < -0.39 is 0 Å². The summed E-state index contributed by atoms with van der Waals surface area (Å²) >= 11 is 1.90. The van der Waals surface area contributed by atoms with Crippen molar-refractivity contribution in [2.45, 2.75) is 65.2 Å². The number of hydrogen-bond acceptors (Lipinski definition) is 1. The summed E-state index contributed by atoms with van der Waals surface area (Å²) in [6, 6.07) is 30.1. The lowest BCUT2D eigenvalue weighted by molar-refractivity contribution is 0.717. The van der Waals surface area contributed by atoms with Crippen LogP contribution in [0.4, 0.5) is 0 Å². The third-order valence-electron chi connectivity index (χ3n) is 7.65. The van der Waals surface area contributed by atoms with Crippen LogP contribution in [0, 0.1) is 0 Å². The van der Waals surface area contributed by atoms with E-state index in [1.807, 2.05) is 11.3 Å². The Bertz CT molecular complexity index is 1600. The van der Waals surface area contributed by atoms with Gasteiger partial charge in [0.2, 0.25) is 0 Å². The van der Waals surface area contributed by atoms with Gasteiger partial charge in [-0.05, 0) is 79.3 Å². The molecule has 0 fully saturated rings. The summed E-state index contributed by atoms with van der Waals surface area (Å²) in [6.07, 6.45) is 9.99. The fourth-order valence-corrected chi connectivity index (χ4v) is 6.92. The number of thiophene rings is 1. The molecule has 0 unspecified atom stereocenters. The Labute approximate surface area is 218 Å². The van der Waals surface area contributed by atoms with Crippen LogP contribution in [0.15, 0.2) is 78.9 Å².